The predicted molar refractivity (Wildman–Crippen MR) is 51.1 cm³/mol. The van der Waals surface area contributed by atoms with Gasteiger partial charge >= 0.3 is 0 Å². The van der Waals surface area contributed by atoms with Crippen molar-refractivity contribution in [3.8, 4) is 0 Å². The van der Waals surface area contributed by atoms with Crippen molar-refractivity contribution in [2.24, 2.45) is 51.2 Å². The minimum absolute atomic E-state index is 0.156. The Balaban J connectivity index is 1.84. The Morgan fingerprint density at radius 1 is 1.20 bits per heavy atom. The lowest BCUT2D eigenvalue weighted by atomic mass is 9.38. The Morgan fingerprint density at radius 3 is 2.80 bits per heavy atom. The van der Waals surface area contributed by atoms with Crippen LogP contribution in [0.2, 0.25) is 0 Å². The summed E-state index contributed by atoms with van der Waals surface area (Å²) in [5.74, 6) is 3.51. The molecule has 0 aromatic rings. The zero-order valence-electron chi connectivity index (χ0n) is 8.17. The van der Waals surface area contributed by atoms with Crippen molar-refractivity contribution in [3.63, 3.8) is 0 Å². The monoisotopic (exact) mass is 204 g/mol. The van der Waals surface area contributed by atoms with E-state index < -0.39 is 0 Å². The zero-order valence-corrected chi connectivity index (χ0v) is 8.17. The van der Waals surface area contributed by atoms with E-state index in [2.05, 4.69) is 10.3 Å². The Morgan fingerprint density at radius 2 is 2.07 bits per heavy atom. The Kier molecular flexibility index (Phi) is 0.822. The highest BCUT2D eigenvalue weighted by molar-refractivity contribution is 6.13. The van der Waals surface area contributed by atoms with Crippen LogP contribution < -0.4 is 0 Å². The van der Waals surface area contributed by atoms with E-state index in [4.69, 9.17) is 5.21 Å². The van der Waals surface area contributed by atoms with Crippen molar-refractivity contribution in [2.45, 2.75) is 12.8 Å². The maximum Gasteiger partial charge on any atom is 0.0682 e. The molecule has 0 aromatic heterocycles. The smallest absolute Gasteiger partial charge is 0.0682 e. The van der Waals surface area contributed by atoms with E-state index in [0.29, 0.717) is 17.8 Å². The fraction of sp³-hybridized carbons (Fsp3) is 0.818. The van der Waals surface area contributed by atoms with Gasteiger partial charge in [-0.2, -0.15) is 0 Å². The lowest BCUT2D eigenvalue weighted by Crippen LogP contribution is -2.64. The molecular weight excluding hydrogens is 192 g/mol. The average Bonchev–Trinajstić information content (AvgIpc) is 2.64. The summed E-state index contributed by atoms with van der Waals surface area (Å²) in [6.07, 6.45) is 2.37. The van der Waals surface area contributed by atoms with Gasteiger partial charge in [-0.15, -0.1) is 0 Å². The maximum atomic E-state index is 9.18. The lowest BCUT2D eigenvalue weighted by Gasteiger charge is -2.64. The molecule has 0 aromatic carbocycles. The molecule has 0 saturated heterocycles. The number of rotatable bonds is 0. The highest BCUT2D eigenvalue weighted by atomic mass is 16.4. The standard InChI is InChI=1S/C11H12N2O2/c14-12-9-3-1-4-7-5-2-11(7,8(4)9)10(13-15)6(3)5/h3-8,14-15H,1-2H2/b12-9-,13-10+. The fourth-order valence-corrected chi connectivity index (χ4v) is 6.20. The van der Waals surface area contributed by atoms with Crippen LogP contribution in [0.3, 0.4) is 0 Å². The van der Waals surface area contributed by atoms with Gasteiger partial charge in [0, 0.05) is 23.2 Å². The molecule has 15 heavy (non-hydrogen) atoms. The first kappa shape index (κ1) is 7.25. The number of hydrogen-bond acceptors (Lipinski definition) is 4. The first-order chi connectivity index (χ1) is 7.34. The Hall–Kier alpha value is -1.06. The van der Waals surface area contributed by atoms with Gasteiger partial charge in [0.1, 0.15) is 0 Å². The molecular formula is C11H12N2O2. The largest absolute Gasteiger partial charge is 0.411 e. The summed E-state index contributed by atoms with van der Waals surface area (Å²) in [7, 11) is 0. The predicted octanol–water partition coefficient (Wildman–Crippen LogP) is 1.18. The molecule has 7 bridgehead atoms. The summed E-state index contributed by atoms with van der Waals surface area (Å²) in [6.45, 7) is 0. The molecule has 0 radical (unpaired) electrons. The van der Waals surface area contributed by atoms with Crippen LogP contribution in [0.4, 0.5) is 0 Å². The van der Waals surface area contributed by atoms with E-state index in [1.54, 1.807) is 0 Å². The van der Waals surface area contributed by atoms with Crippen LogP contribution in [0.1, 0.15) is 12.8 Å². The summed E-state index contributed by atoms with van der Waals surface area (Å²) in [6, 6.07) is 0. The summed E-state index contributed by atoms with van der Waals surface area (Å²) in [5.41, 5.74) is 2.26. The van der Waals surface area contributed by atoms with Gasteiger partial charge in [-0.1, -0.05) is 10.3 Å². The van der Waals surface area contributed by atoms with E-state index in [1.807, 2.05) is 0 Å². The second-order valence-electron chi connectivity index (χ2n) is 5.95. The summed E-state index contributed by atoms with van der Waals surface area (Å²) in [4.78, 5) is 0. The van der Waals surface area contributed by atoms with Crippen molar-refractivity contribution in [3.05, 3.63) is 0 Å². The van der Waals surface area contributed by atoms with E-state index >= 15 is 0 Å². The van der Waals surface area contributed by atoms with Crippen LogP contribution in [0.25, 0.3) is 0 Å². The van der Waals surface area contributed by atoms with Gasteiger partial charge in [0.15, 0.2) is 0 Å². The van der Waals surface area contributed by atoms with Gasteiger partial charge < -0.3 is 10.4 Å². The molecule has 7 unspecified atom stereocenters. The van der Waals surface area contributed by atoms with Crippen LogP contribution >= 0.6 is 0 Å². The molecule has 4 heteroatoms. The Bertz CT molecular complexity index is 450. The molecule has 7 atom stereocenters. The average molecular weight is 204 g/mol. The van der Waals surface area contributed by atoms with E-state index in [1.165, 1.54) is 12.8 Å². The molecule has 7 aliphatic rings. The summed E-state index contributed by atoms with van der Waals surface area (Å²) in [5, 5.41) is 25.4. The van der Waals surface area contributed by atoms with E-state index in [0.717, 1.165) is 29.2 Å². The Labute approximate surface area is 86.6 Å². The van der Waals surface area contributed by atoms with Crippen molar-refractivity contribution >= 4 is 11.4 Å². The molecule has 2 N–H and O–H groups in total. The minimum atomic E-state index is 0.156. The van der Waals surface area contributed by atoms with Gasteiger partial charge in [-0.05, 0) is 30.6 Å². The van der Waals surface area contributed by atoms with Crippen molar-refractivity contribution in [2.75, 3.05) is 0 Å². The molecule has 1 spiro atoms. The van der Waals surface area contributed by atoms with Crippen LogP contribution in [-0.4, -0.2) is 21.8 Å². The molecule has 0 heterocycles. The second-order valence-corrected chi connectivity index (χ2v) is 5.95. The molecule has 4 nitrogen and oxygen atoms in total. The highest BCUT2D eigenvalue weighted by Crippen LogP contribution is 2.87. The molecule has 7 rings (SSSR count). The van der Waals surface area contributed by atoms with Gasteiger partial charge in [-0.3, -0.25) is 0 Å². The first-order valence-electron chi connectivity index (χ1n) is 5.79. The van der Waals surface area contributed by atoms with Crippen molar-refractivity contribution < 1.29 is 10.4 Å². The maximum absolute atomic E-state index is 9.18. The molecule has 7 fully saturated rings. The van der Waals surface area contributed by atoms with Gasteiger partial charge in [0.25, 0.3) is 0 Å². The lowest BCUT2D eigenvalue weighted by molar-refractivity contribution is -0.151. The third-order valence-corrected chi connectivity index (χ3v) is 6.21. The molecule has 7 aliphatic carbocycles. The fourth-order valence-electron chi connectivity index (χ4n) is 6.20. The number of hydrogen-bond donors (Lipinski definition) is 2. The SMILES string of the molecule is O/N=C1/C2CC3C1C14CC(C2/C1=N\O)C34. The van der Waals surface area contributed by atoms with Gasteiger partial charge in [-0.25, -0.2) is 0 Å². The third kappa shape index (κ3) is 0.404. The number of nitrogens with zero attached hydrogens (tertiary/aromatic N) is 2. The van der Waals surface area contributed by atoms with Gasteiger partial charge in [0.2, 0.25) is 0 Å². The van der Waals surface area contributed by atoms with Crippen molar-refractivity contribution in [1.29, 1.82) is 0 Å². The normalized spacial score (nSPS) is 71.2. The molecule has 0 aliphatic heterocycles. The first-order valence-corrected chi connectivity index (χ1v) is 5.79. The third-order valence-electron chi connectivity index (χ3n) is 6.21. The highest BCUT2D eigenvalue weighted by Gasteiger charge is 2.88. The summed E-state index contributed by atoms with van der Waals surface area (Å²) >= 11 is 0. The molecule has 0 amide bonds. The topological polar surface area (TPSA) is 65.2 Å². The van der Waals surface area contributed by atoms with Crippen LogP contribution in [0.5, 0.6) is 0 Å². The number of oxime groups is 2. The summed E-state index contributed by atoms with van der Waals surface area (Å²) < 4.78 is 0. The van der Waals surface area contributed by atoms with E-state index in [9.17, 15) is 5.21 Å². The molecule has 7 saturated carbocycles. The van der Waals surface area contributed by atoms with Crippen LogP contribution in [0, 0.1) is 40.9 Å². The quantitative estimate of drug-likeness (QED) is 0.459. The zero-order chi connectivity index (χ0) is 9.95. The van der Waals surface area contributed by atoms with Crippen molar-refractivity contribution in [1.82, 2.24) is 0 Å². The minimum Gasteiger partial charge on any atom is -0.411 e. The van der Waals surface area contributed by atoms with Gasteiger partial charge in [0.05, 0.1) is 11.4 Å². The van der Waals surface area contributed by atoms with Crippen LogP contribution in [-0.2, 0) is 0 Å². The van der Waals surface area contributed by atoms with E-state index in [-0.39, 0.29) is 5.41 Å². The van der Waals surface area contributed by atoms with Crippen LogP contribution in [0.15, 0.2) is 10.3 Å². The second kappa shape index (κ2) is 1.70. The molecule has 78 valence electrons.